The summed E-state index contributed by atoms with van der Waals surface area (Å²) in [6.45, 7) is 2.62. The number of hydrogen-bond acceptors (Lipinski definition) is 4. The van der Waals surface area contributed by atoms with Gasteiger partial charge in [0.25, 0.3) is 0 Å². The average molecular weight is 311 g/mol. The maximum atomic E-state index is 11.4. The molecule has 0 saturated carbocycles. The highest BCUT2D eigenvalue weighted by Gasteiger charge is 2.05. The van der Waals surface area contributed by atoms with E-state index in [9.17, 15) is 4.79 Å². The molecule has 0 saturated heterocycles. The molecule has 0 aliphatic heterocycles. The number of benzene rings is 1. The van der Waals surface area contributed by atoms with Crippen molar-refractivity contribution in [1.29, 1.82) is 5.26 Å². The number of esters is 1. The van der Waals surface area contributed by atoms with Gasteiger partial charge < -0.3 is 10.1 Å². The molecule has 1 N–H and O–H groups in total. The Morgan fingerprint density at radius 3 is 2.94 bits per heavy atom. The Balaban J connectivity index is 2.44. The first-order valence-corrected chi connectivity index (χ1v) is 6.55. The van der Waals surface area contributed by atoms with E-state index in [1.165, 1.54) is 0 Å². The first-order chi connectivity index (χ1) is 8.67. The number of carbonyl (C=O) groups is 1. The normalized spacial score (nSPS) is 9.61. The van der Waals surface area contributed by atoms with Crippen LogP contribution < -0.4 is 5.32 Å². The van der Waals surface area contributed by atoms with Crippen LogP contribution in [-0.2, 0) is 9.53 Å². The van der Waals surface area contributed by atoms with Crippen molar-refractivity contribution in [2.75, 3.05) is 18.5 Å². The zero-order valence-corrected chi connectivity index (χ0v) is 11.8. The van der Waals surface area contributed by atoms with Crippen molar-refractivity contribution >= 4 is 27.6 Å². The zero-order chi connectivity index (χ0) is 13.4. The topological polar surface area (TPSA) is 62.1 Å². The van der Waals surface area contributed by atoms with Crippen LogP contribution in [0.5, 0.6) is 0 Å². The van der Waals surface area contributed by atoms with Crippen LogP contribution in [-0.4, -0.2) is 19.1 Å². The number of carbonyl (C=O) groups excluding carboxylic acids is 1. The predicted molar refractivity (Wildman–Crippen MR) is 73.2 cm³/mol. The van der Waals surface area contributed by atoms with Crippen LogP contribution in [0, 0.1) is 11.3 Å². The molecule has 0 aliphatic carbocycles. The van der Waals surface area contributed by atoms with E-state index < -0.39 is 0 Å². The molecule has 0 bridgehead atoms. The Labute approximate surface area is 115 Å². The fourth-order valence-corrected chi connectivity index (χ4v) is 1.80. The Bertz CT molecular complexity index is 455. The molecule has 1 rings (SSSR count). The van der Waals surface area contributed by atoms with E-state index in [0.29, 0.717) is 12.2 Å². The van der Waals surface area contributed by atoms with Crippen LogP contribution in [0.25, 0.3) is 0 Å². The molecule has 0 unspecified atom stereocenters. The second-order valence-corrected chi connectivity index (χ2v) is 4.59. The van der Waals surface area contributed by atoms with Crippen LogP contribution in [0.4, 0.5) is 5.69 Å². The van der Waals surface area contributed by atoms with Crippen molar-refractivity contribution in [3.05, 3.63) is 28.2 Å². The summed E-state index contributed by atoms with van der Waals surface area (Å²) in [6.07, 6.45) is 1.88. The van der Waals surface area contributed by atoms with Gasteiger partial charge in [0.1, 0.15) is 6.54 Å². The summed E-state index contributed by atoms with van der Waals surface area (Å²) in [7, 11) is 0. The van der Waals surface area contributed by atoms with Gasteiger partial charge in [-0.2, -0.15) is 5.26 Å². The summed E-state index contributed by atoms with van der Waals surface area (Å²) < 4.78 is 5.77. The molecule has 0 spiro atoms. The van der Waals surface area contributed by atoms with Crippen molar-refractivity contribution in [2.45, 2.75) is 19.8 Å². The molecule has 0 radical (unpaired) electrons. The first-order valence-electron chi connectivity index (χ1n) is 5.76. The second-order valence-electron chi connectivity index (χ2n) is 3.73. The minimum Gasteiger partial charge on any atom is -0.464 e. The number of hydrogen-bond donors (Lipinski definition) is 1. The lowest BCUT2D eigenvalue weighted by Gasteiger charge is -2.08. The van der Waals surface area contributed by atoms with Crippen molar-refractivity contribution < 1.29 is 9.53 Å². The van der Waals surface area contributed by atoms with E-state index in [4.69, 9.17) is 10.00 Å². The van der Waals surface area contributed by atoms with E-state index in [1.807, 2.05) is 13.0 Å². The Hall–Kier alpha value is -1.54. The number of ether oxygens (including phenoxy) is 1. The molecule has 1 aromatic rings. The average Bonchev–Trinajstić information content (AvgIpc) is 2.37. The molecule has 4 nitrogen and oxygen atoms in total. The van der Waals surface area contributed by atoms with Crippen molar-refractivity contribution in [2.24, 2.45) is 0 Å². The van der Waals surface area contributed by atoms with E-state index in [-0.39, 0.29) is 12.5 Å². The van der Waals surface area contributed by atoms with Crippen LogP contribution in [0.2, 0.25) is 0 Å². The second kappa shape index (κ2) is 7.72. The van der Waals surface area contributed by atoms with Crippen molar-refractivity contribution in [1.82, 2.24) is 0 Å². The fourth-order valence-electron chi connectivity index (χ4n) is 1.28. The summed E-state index contributed by atoms with van der Waals surface area (Å²) in [6, 6.07) is 7.19. The van der Waals surface area contributed by atoms with Gasteiger partial charge in [-0.05, 0) is 40.5 Å². The third kappa shape index (κ3) is 4.76. The molecule has 0 fully saturated rings. The smallest absolute Gasteiger partial charge is 0.325 e. The van der Waals surface area contributed by atoms with Crippen LogP contribution in [0.1, 0.15) is 25.3 Å². The lowest BCUT2D eigenvalue weighted by Crippen LogP contribution is -2.17. The van der Waals surface area contributed by atoms with E-state index in [2.05, 4.69) is 21.2 Å². The molecule has 0 heterocycles. The third-order valence-electron chi connectivity index (χ3n) is 2.28. The minimum absolute atomic E-state index is 0.119. The summed E-state index contributed by atoms with van der Waals surface area (Å²) in [4.78, 5) is 11.4. The molecule has 0 aromatic heterocycles. The quantitative estimate of drug-likeness (QED) is 0.648. The molecule has 5 heteroatoms. The SMILES string of the molecule is CCCCOC(=O)CNc1ccc(C#N)cc1Br. The predicted octanol–water partition coefficient (Wildman–Crippen LogP) is 3.08. The van der Waals surface area contributed by atoms with Crippen LogP contribution >= 0.6 is 15.9 Å². The Kier molecular flexibility index (Phi) is 6.23. The molecule has 0 aliphatic rings. The summed E-state index contributed by atoms with van der Waals surface area (Å²) >= 11 is 3.34. The monoisotopic (exact) mass is 310 g/mol. The number of anilines is 1. The third-order valence-corrected chi connectivity index (χ3v) is 2.94. The molecule has 1 aromatic carbocycles. The van der Waals surface area contributed by atoms with Gasteiger partial charge in [-0.15, -0.1) is 0 Å². The Morgan fingerprint density at radius 1 is 1.56 bits per heavy atom. The number of nitrogens with one attached hydrogen (secondary N) is 1. The largest absolute Gasteiger partial charge is 0.464 e. The van der Waals surface area contributed by atoms with Crippen molar-refractivity contribution in [3.63, 3.8) is 0 Å². The Morgan fingerprint density at radius 2 is 2.33 bits per heavy atom. The van der Waals surface area contributed by atoms with Crippen LogP contribution in [0.15, 0.2) is 22.7 Å². The van der Waals surface area contributed by atoms with E-state index in [0.717, 1.165) is 23.0 Å². The van der Waals surface area contributed by atoms with E-state index in [1.54, 1.807) is 18.2 Å². The van der Waals surface area contributed by atoms with Gasteiger partial charge in [0.05, 0.1) is 18.2 Å². The maximum absolute atomic E-state index is 11.4. The van der Waals surface area contributed by atoms with Gasteiger partial charge in [-0.1, -0.05) is 13.3 Å². The number of nitriles is 1. The molecular weight excluding hydrogens is 296 g/mol. The highest BCUT2D eigenvalue weighted by atomic mass is 79.9. The lowest BCUT2D eigenvalue weighted by atomic mass is 10.2. The summed E-state index contributed by atoms with van der Waals surface area (Å²) in [5, 5.41) is 11.7. The number of rotatable bonds is 6. The molecule has 96 valence electrons. The molecule has 0 amide bonds. The summed E-state index contributed by atoms with van der Waals surface area (Å²) in [5.74, 6) is -0.278. The van der Waals surface area contributed by atoms with Gasteiger partial charge in [0, 0.05) is 10.2 Å². The van der Waals surface area contributed by atoms with Crippen LogP contribution in [0.3, 0.4) is 0 Å². The van der Waals surface area contributed by atoms with Gasteiger partial charge in [-0.3, -0.25) is 4.79 Å². The highest BCUT2D eigenvalue weighted by Crippen LogP contribution is 2.23. The van der Waals surface area contributed by atoms with Gasteiger partial charge in [0.2, 0.25) is 0 Å². The lowest BCUT2D eigenvalue weighted by molar-refractivity contribution is -0.141. The number of unbranched alkanes of at least 4 members (excludes halogenated alkanes) is 1. The highest BCUT2D eigenvalue weighted by molar-refractivity contribution is 9.10. The minimum atomic E-state index is -0.278. The summed E-state index contributed by atoms with van der Waals surface area (Å²) in [5.41, 5.74) is 1.33. The van der Waals surface area contributed by atoms with Gasteiger partial charge in [-0.25, -0.2) is 0 Å². The van der Waals surface area contributed by atoms with E-state index >= 15 is 0 Å². The first kappa shape index (κ1) is 14.5. The standard InChI is InChI=1S/C13H15BrN2O2/c1-2-3-6-18-13(17)9-16-12-5-4-10(8-15)7-11(12)14/h4-5,7,16H,2-3,6,9H2,1H3. The maximum Gasteiger partial charge on any atom is 0.325 e. The zero-order valence-electron chi connectivity index (χ0n) is 10.2. The van der Waals surface area contributed by atoms with Gasteiger partial charge in [0.15, 0.2) is 0 Å². The fraction of sp³-hybridized carbons (Fsp3) is 0.385. The number of halogens is 1. The molecular formula is C13H15BrN2O2. The molecule has 0 atom stereocenters. The van der Waals surface area contributed by atoms with Gasteiger partial charge >= 0.3 is 5.97 Å². The molecule has 18 heavy (non-hydrogen) atoms. The van der Waals surface area contributed by atoms with Crippen molar-refractivity contribution in [3.8, 4) is 6.07 Å². The number of nitrogens with zero attached hydrogens (tertiary/aromatic N) is 1.